The molecule has 0 unspecified atom stereocenters. The molecular formula is C50H72N2. The number of nitrogens with two attached hydrogens (primary N) is 2. The van der Waals surface area contributed by atoms with E-state index in [0.29, 0.717) is 0 Å². The maximum Gasteiger partial charge on any atom is 0.0314 e. The van der Waals surface area contributed by atoms with Crippen molar-refractivity contribution in [3.05, 3.63) is 129 Å². The van der Waals surface area contributed by atoms with Crippen molar-refractivity contribution >= 4 is 11.4 Å². The summed E-state index contributed by atoms with van der Waals surface area (Å²) in [6, 6.07) is 31.4. The van der Waals surface area contributed by atoms with Crippen LogP contribution < -0.4 is 11.5 Å². The first-order valence-corrected chi connectivity index (χ1v) is 21.4. The third-order valence-corrected chi connectivity index (χ3v) is 11.1. The number of aryl methyl sites for hydroxylation is 4. The van der Waals surface area contributed by atoms with Crippen molar-refractivity contribution in [1.82, 2.24) is 0 Å². The van der Waals surface area contributed by atoms with Gasteiger partial charge in [-0.15, -0.1) is 0 Å². The van der Waals surface area contributed by atoms with Crippen LogP contribution in [0.4, 0.5) is 11.4 Å². The molecule has 4 N–H and O–H groups in total. The van der Waals surface area contributed by atoms with Gasteiger partial charge in [0.1, 0.15) is 0 Å². The van der Waals surface area contributed by atoms with Crippen LogP contribution in [0, 0.1) is 0 Å². The third kappa shape index (κ3) is 16.0. The number of rotatable bonds is 27. The molecule has 0 fully saturated rings. The largest absolute Gasteiger partial charge is 0.399 e. The molecule has 282 valence electrons. The quantitative estimate of drug-likeness (QED) is 0.0480. The molecule has 0 atom stereocenters. The normalized spacial score (nSPS) is 11.3. The standard InChI is InChI=1S/C50H72N2/c1-3-5-7-13-19-23-47-39-43(37-41-27-33-49(51)34-28-41)25-31-45(47)21-17-15-11-9-10-12-16-18-22-46-32-26-44(38-42-29-35-50(52)36-30-42)40-48(46)24-20-14-8-6-4-2/h25-36,39-40H,3-24,37-38,51-52H2,1-2H3. The maximum absolute atomic E-state index is 5.93. The van der Waals surface area contributed by atoms with Gasteiger partial charge in [0.25, 0.3) is 0 Å². The molecule has 0 aliphatic carbocycles. The van der Waals surface area contributed by atoms with E-state index in [9.17, 15) is 0 Å². The number of hydrogen-bond acceptors (Lipinski definition) is 2. The highest BCUT2D eigenvalue weighted by Crippen LogP contribution is 2.24. The number of hydrogen-bond donors (Lipinski definition) is 2. The predicted molar refractivity (Wildman–Crippen MR) is 229 cm³/mol. The lowest BCUT2D eigenvalue weighted by Gasteiger charge is -2.13. The van der Waals surface area contributed by atoms with E-state index in [1.54, 1.807) is 22.3 Å². The van der Waals surface area contributed by atoms with Crippen LogP contribution in [0.5, 0.6) is 0 Å². The molecule has 0 saturated carbocycles. The van der Waals surface area contributed by atoms with Crippen LogP contribution in [-0.2, 0) is 38.5 Å². The number of anilines is 2. The molecule has 2 heteroatoms. The smallest absolute Gasteiger partial charge is 0.0314 e. The molecule has 0 aromatic heterocycles. The van der Waals surface area contributed by atoms with E-state index < -0.39 is 0 Å². The number of benzene rings is 4. The van der Waals surface area contributed by atoms with Gasteiger partial charge in [0.2, 0.25) is 0 Å². The van der Waals surface area contributed by atoms with E-state index in [4.69, 9.17) is 11.5 Å². The minimum absolute atomic E-state index is 0.841. The van der Waals surface area contributed by atoms with Crippen molar-refractivity contribution in [3.63, 3.8) is 0 Å². The average molecular weight is 701 g/mol. The maximum atomic E-state index is 5.93. The van der Waals surface area contributed by atoms with Gasteiger partial charge in [-0.25, -0.2) is 0 Å². The van der Waals surface area contributed by atoms with Gasteiger partial charge in [0.15, 0.2) is 0 Å². The Balaban J connectivity index is 1.16. The van der Waals surface area contributed by atoms with E-state index in [1.807, 2.05) is 24.3 Å². The summed E-state index contributed by atoms with van der Waals surface area (Å²) in [6.45, 7) is 4.60. The highest BCUT2D eigenvalue weighted by molar-refractivity contribution is 5.43. The minimum atomic E-state index is 0.841. The summed E-state index contributed by atoms with van der Waals surface area (Å²) in [6.07, 6.45) is 31.2. The fourth-order valence-electron chi connectivity index (χ4n) is 7.80. The van der Waals surface area contributed by atoms with Crippen LogP contribution in [0.1, 0.15) is 174 Å². The molecule has 4 aromatic carbocycles. The summed E-state index contributed by atoms with van der Waals surface area (Å²) < 4.78 is 0. The van der Waals surface area contributed by atoms with Crippen molar-refractivity contribution in [2.24, 2.45) is 0 Å². The molecule has 4 rings (SSSR count). The van der Waals surface area contributed by atoms with Gasteiger partial charge in [-0.1, -0.05) is 164 Å². The molecule has 0 radical (unpaired) electrons. The average Bonchev–Trinajstić information content (AvgIpc) is 3.15. The number of nitrogen functional groups attached to an aromatic ring is 2. The fourth-order valence-corrected chi connectivity index (χ4v) is 7.80. The first kappa shape index (κ1) is 41.2. The van der Waals surface area contributed by atoms with Crippen molar-refractivity contribution in [3.8, 4) is 0 Å². The van der Waals surface area contributed by atoms with E-state index >= 15 is 0 Å². The van der Waals surface area contributed by atoms with Gasteiger partial charge in [-0.05, 0) is 133 Å². The highest BCUT2D eigenvalue weighted by Gasteiger charge is 2.08. The fraction of sp³-hybridized carbons (Fsp3) is 0.520. The second-order valence-electron chi connectivity index (χ2n) is 15.7. The van der Waals surface area contributed by atoms with Crippen LogP contribution in [0.3, 0.4) is 0 Å². The van der Waals surface area contributed by atoms with Crippen LogP contribution in [0.2, 0.25) is 0 Å². The molecule has 0 aliphatic heterocycles. The van der Waals surface area contributed by atoms with Crippen molar-refractivity contribution in [2.45, 2.75) is 168 Å². The van der Waals surface area contributed by atoms with Crippen LogP contribution >= 0.6 is 0 Å². The Morgan fingerprint density at radius 1 is 0.308 bits per heavy atom. The predicted octanol–water partition coefficient (Wildman–Crippen LogP) is 14.0. The summed E-state index contributed by atoms with van der Waals surface area (Å²) in [5, 5.41) is 0. The molecule has 52 heavy (non-hydrogen) atoms. The Kier molecular flexibility index (Phi) is 19.6. The van der Waals surface area contributed by atoms with Gasteiger partial charge in [0.05, 0.1) is 0 Å². The molecule has 0 spiro atoms. The van der Waals surface area contributed by atoms with Gasteiger partial charge < -0.3 is 11.5 Å². The third-order valence-electron chi connectivity index (χ3n) is 11.1. The molecule has 2 nitrogen and oxygen atoms in total. The van der Waals surface area contributed by atoms with E-state index in [2.05, 4.69) is 74.5 Å². The second kappa shape index (κ2) is 24.7. The summed E-state index contributed by atoms with van der Waals surface area (Å²) >= 11 is 0. The van der Waals surface area contributed by atoms with Crippen molar-refractivity contribution in [2.75, 3.05) is 11.5 Å². The topological polar surface area (TPSA) is 52.0 Å². The van der Waals surface area contributed by atoms with Gasteiger partial charge in [-0.2, -0.15) is 0 Å². The zero-order valence-electron chi connectivity index (χ0n) is 33.2. The van der Waals surface area contributed by atoms with Gasteiger partial charge in [0, 0.05) is 11.4 Å². The molecule has 0 amide bonds. The molecule has 4 aromatic rings. The Bertz CT molecular complexity index is 1400. The Morgan fingerprint density at radius 2 is 0.596 bits per heavy atom. The van der Waals surface area contributed by atoms with E-state index in [1.165, 1.54) is 164 Å². The van der Waals surface area contributed by atoms with E-state index in [0.717, 1.165) is 24.2 Å². The number of unbranched alkanes of at least 4 members (excludes halogenated alkanes) is 15. The van der Waals surface area contributed by atoms with Crippen LogP contribution in [0.25, 0.3) is 0 Å². The Morgan fingerprint density at radius 3 is 0.942 bits per heavy atom. The summed E-state index contributed by atoms with van der Waals surface area (Å²) in [5.41, 5.74) is 25.5. The van der Waals surface area contributed by atoms with Crippen molar-refractivity contribution in [1.29, 1.82) is 0 Å². The second-order valence-corrected chi connectivity index (χ2v) is 15.7. The molecule has 0 saturated heterocycles. The van der Waals surface area contributed by atoms with Crippen molar-refractivity contribution < 1.29 is 0 Å². The Hall–Kier alpha value is -3.52. The molecular weight excluding hydrogens is 629 g/mol. The molecule has 0 bridgehead atoms. The SMILES string of the molecule is CCCCCCCc1cc(Cc2ccc(N)cc2)ccc1CCCCCCCCCCc1ccc(Cc2ccc(N)cc2)cc1CCCCCCC. The first-order valence-electron chi connectivity index (χ1n) is 21.4. The monoisotopic (exact) mass is 701 g/mol. The zero-order valence-corrected chi connectivity index (χ0v) is 33.2. The lowest BCUT2D eigenvalue weighted by atomic mass is 9.92. The van der Waals surface area contributed by atoms with Gasteiger partial charge in [-0.3, -0.25) is 0 Å². The first-order chi connectivity index (χ1) is 25.5. The van der Waals surface area contributed by atoms with E-state index in [-0.39, 0.29) is 0 Å². The molecule has 0 heterocycles. The highest BCUT2D eigenvalue weighted by atomic mass is 14.5. The lowest BCUT2D eigenvalue weighted by molar-refractivity contribution is 0.566. The summed E-state index contributed by atoms with van der Waals surface area (Å²) in [5.74, 6) is 0. The Labute approximate surface area is 319 Å². The summed E-state index contributed by atoms with van der Waals surface area (Å²) in [4.78, 5) is 0. The molecule has 0 aliphatic rings. The zero-order chi connectivity index (χ0) is 36.6. The lowest BCUT2D eigenvalue weighted by Crippen LogP contribution is -1.99. The van der Waals surface area contributed by atoms with Gasteiger partial charge >= 0.3 is 0 Å². The minimum Gasteiger partial charge on any atom is -0.399 e. The van der Waals surface area contributed by atoms with Crippen LogP contribution in [0.15, 0.2) is 84.9 Å². The summed E-state index contributed by atoms with van der Waals surface area (Å²) in [7, 11) is 0. The van der Waals surface area contributed by atoms with Crippen LogP contribution in [-0.4, -0.2) is 0 Å².